The zero-order valence-corrected chi connectivity index (χ0v) is 29.8. The average Bonchev–Trinajstić information content (AvgIpc) is 3.82. The zero-order chi connectivity index (χ0) is 36.3. The molecule has 0 aliphatic rings. The van der Waals surface area contributed by atoms with Gasteiger partial charge >= 0.3 is 0 Å². The third-order valence-electron chi connectivity index (χ3n) is 10.9. The van der Waals surface area contributed by atoms with Crippen molar-refractivity contribution in [3.63, 3.8) is 0 Å². The number of nitrogens with zero attached hydrogens (tertiary/aromatic N) is 1. The van der Waals surface area contributed by atoms with Crippen LogP contribution in [0.3, 0.4) is 0 Å². The Kier molecular flexibility index (Phi) is 7.17. The van der Waals surface area contributed by atoms with E-state index >= 15 is 0 Å². The van der Waals surface area contributed by atoms with E-state index in [2.05, 4.69) is 193 Å². The quantitative estimate of drug-likeness (QED) is 0.173. The summed E-state index contributed by atoms with van der Waals surface area (Å²) in [6, 6.07) is 70.9. The van der Waals surface area contributed by atoms with E-state index in [-0.39, 0.29) is 0 Å². The van der Waals surface area contributed by atoms with Crippen LogP contribution < -0.4 is 4.90 Å². The Labute approximate surface area is 317 Å². The van der Waals surface area contributed by atoms with Crippen LogP contribution in [-0.4, -0.2) is 0 Å². The molecule has 0 fully saturated rings. The lowest BCUT2D eigenvalue weighted by Gasteiger charge is -2.30. The first-order chi connectivity index (χ1) is 27.3. The fourth-order valence-electron chi connectivity index (χ4n) is 8.33. The van der Waals surface area contributed by atoms with Gasteiger partial charge in [0.05, 0.1) is 11.4 Å². The van der Waals surface area contributed by atoms with Gasteiger partial charge in [0.1, 0.15) is 22.3 Å². The van der Waals surface area contributed by atoms with Gasteiger partial charge in [-0.15, -0.1) is 0 Å². The molecular formula is C52H33NO2. The van der Waals surface area contributed by atoms with Crippen molar-refractivity contribution in [2.24, 2.45) is 0 Å². The van der Waals surface area contributed by atoms with Crippen LogP contribution >= 0.6 is 0 Å². The molecule has 9 aromatic carbocycles. The second-order valence-corrected chi connectivity index (χ2v) is 14.0. The Hall–Kier alpha value is -7.36. The molecule has 0 aliphatic carbocycles. The summed E-state index contributed by atoms with van der Waals surface area (Å²) in [5, 5.41) is 6.79. The molecule has 3 nitrogen and oxygen atoms in total. The van der Waals surface area contributed by atoms with Crippen molar-refractivity contribution in [1.82, 2.24) is 0 Å². The van der Waals surface area contributed by atoms with E-state index in [1.165, 1.54) is 16.5 Å². The van der Waals surface area contributed by atoms with Gasteiger partial charge < -0.3 is 13.7 Å². The summed E-state index contributed by atoms with van der Waals surface area (Å²) in [5.41, 5.74) is 13.4. The lowest BCUT2D eigenvalue weighted by molar-refractivity contribution is 0.669. The van der Waals surface area contributed by atoms with Crippen molar-refractivity contribution in [2.45, 2.75) is 0 Å². The third kappa shape index (κ3) is 5.13. The number of benzene rings is 9. The van der Waals surface area contributed by atoms with Gasteiger partial charge in [-0.25, -0.2) is 0 Å². The lowest BCUT2D eigenvalue weighted by Crippen LogP contribution is -2.12. The summed E-state index contributed by atoms with van der Waals surface area (Å²) in [6.45, 7) is 0. The first-order valence-corrected chi connectivity index (χ1v) is 18.7. The van der Waals surface area contributed by atoms with E-state index < -0.39 is 0 Å². The molecule has 0 atom stereocenters. The van der Waals surface area contributed by atoms with Crippen molar-refractivity contribution in [3.05, 3.63) is 200 Å². The van der Waals surface area contributed by atoms with Gasteiger partial charge in [-0.2, -0.15) is 0 Å². The van der Waals surface area contributed by atoms with Crippen molar-refractivity contribution < 1.29 is 8.83 Å². The molecule has 0 spiro atoms. The second kappa shape index (κ2) is 12.6. The smallest absolute Gasteiger partial charge is 0.143 e. The van der Waals surface area contributed by atoms with E-state index in [0.29, 0.717) is 0 Å². The maximum Gasteiger partial charge on any atom is 0.143 e. The Morgan fingerprint density at radius 1 is 0.327 bits per heavy atom. The molecule has 0 unspecified atom stereocenters. The van der Waals surface area contributed by atoms with E-state index in [0.717, 1.165) is 88.6 Å². The Balaban J connectivity index is 1.17. The highest BCUT2D eigenvalue weighted by molar-refractivity contribution is 6.17. The van der Waals surface area contributed by atoms with Gasteiger partial charge in [0.15, 0.2) is 0 Å². The number of hydrogen-bond donors (Lipinski definition) is 0. The number of furan rings is 2. The molecule has 0 amide bonds. The van der Waals surface area contributed by atoms with Gasteiger partial charge in [0.2, 0.25) is 0 Å². The van der Waals surface area contributed by atoms with Crippen LogP contribution in [0.5, 0.6) is 0 Å². The molecule has 0 aliphatic heterocycles. The predicted octanol–water partition coefficient (Wildman–Crippen LogP) is 15.1. The summed E-state index contributed by atoms with van der Waals surface area (Å²) in [5.74, 6) is 0. The van der Waals surface area contributed by atoms with Crippen LogP contribution in [0.1, 0.15) is 0 Å². The van der Waals surface area contributed by atoms with E-state index in [1.807, 2.05) is 12.1 Å². The van der Waals surface area contributed by atoms with Crippen LogP contribution in [0, 0.1) is 0 Å². The van der Waals surface area contributed by atoms with Crippen LogP contribution in [0.15, 0.2) is 209 Å². The van der Waals surface area contributed by atoms with Crippen molar-refractivity contribution >= 4 is 71.7 Å². The van der Waals surface area contributed by atoms with Gasteiger partial charge in [-0.05, 0) is 76.0 Å². The Morgan fingerprint density at radius 3 is 1.69 bits per heavy atom. The van der Waals surface area contributed by atoms with Gasteiger partial charge in [-0.3, -0.25) is 0 Å². The summed E-state index contributed by atoms with van der Waals surface area (Å²) >= 11 is 0. The van der Waals surface area contributed by atoms with Gasteiger partial charge in [0.25, 0.3) is 0 Å². The van der Waals surface area contributed by atoms with Crippen molar-refractivity contribution in [2.75, 3.05) is 4.90 Å². The second-order valence-electron chi connectivity index (χ2n) is 14.0. The minimum atomic E-state index is 0.869. The molecular weight excluding hydrogens is 671 g/mol. The summed E-state index contributed by atoms with van der Waals surface area (Å²) < 4.78 is 13.2. The van der Waals surface area contributed by atoms with Crippen molar-refractivity contribution in [1.29, 1.82) is 0 Å². The van der Waals surface area contributed by atoms with E-state index in [4.69, 9.17) is 8.83 Å². The highest BCUT2D eigenvalue weighted by atomic mass is 16.3. The third-order valence-corrected chi connectivity index (χ3v) is 10.9. The minimum Gasteiger partial charge on any atom is -0.456 e. The molecule has 2 aromatic heterocycles. The highest BCUT2D eigenvalue weighted by Crippen LogP contribution is 2.48. The van der Waals surface area contributed by atoms with E-state index in [1.54, 1.807) is 0 Å². The summed E-state index contributed by atoms with van der Waals surface area (Å²) in [7, 11) is 0. The summed E-state index contributed by atoms with van der Waals surface area (Å²) in [6.07, 6.45) is 0. The van der Waals surface area contributed by atoms with Crippen LogP contribution in [0.4, 0.5) is 17.1 Å². The Morgan fingerprint density at radius 2 is 0.891 bits per heavy atom. The average molecular weight is 704 g/mol. The van der Waals surface area contributed by atoms with Gasteiger partial charge in [0, 0.05) is 43.9 Å². The largest absolute Gasteiger partial charge is 0.456 e. The lowest BCUT2D eigenvalue weighted by atomic mass is 9.95. The number of anilines is 3. The summed E-state index contributed by atoms with van der Waals surface area (Å²) in [4.78, 5) is 2.40. The topological polar surface area (TPSA) is 29.5 Å². The van der Waals surface area contributed by atoms with Crippen molar-refractivity contribution in [3.8, 4) is 33.4 Å². The minimum absolute atomic E-state index is 0.869. The maximum atomic E-state index is 6.62. The van der Waals surface area contributed by atoms with Crippen LogP contribution in [0.25, 0.3) is 88.0 Å². The monoisotopic (exact) mass is 703 g/mol. The molecule has 3 heteroatoms. The number of hydrogen-bond acceptors (Lipinski definition) is 3. The molecule has 0 saturated carbocycles. The Bertz CT molecular complexity index is 3210. The first-order valence-electron chi connectivity index (χ1n) is 18.7. The molecule has 11 rings (SSSR count). The first kappa shape index (κ1) is 31.2. The number of rotatable bonds is 6. The van der Waals surface area contributed by atoms with Gasteiger partial charge in [-0.1, -0.05) is 152 Å². The van der Waals surface area contributed by atoms with Crippen LogP contribution in [-0.2, 0) is 0 Å². The molecule has 0 saturated heterocycles. The SMILES string of the molecule is c1ccc(-c2ccc(N(c3ccccc3-c3cccc4c3oc3ccccc34)c3ccccc3-c3cccc4oc5cc6ccccc6cc5c34)cc2)cc1. The van der Waals surface area contributed by atoms with Crippen LogP contribution in [0.2, 0.25) is 0 Å². The number of para-hydroxylation sites is 4. The predicted molar refractivity (Wildman–Crippen MR) is 229 cm³/mol. The number of fused-ring (bicyclic) bond motifs is 7. The molecule has 11 aromatic rings. The molecule has 55 heavy (non-hydrogen) atoms. The van der Waals surface area contributed by atoms with E-state index in [9.17, 15) is 0 Å². The standard InChI is InChI=1S/C52H33NO2/c1-2-14-34(15-3-1)35-28-30-38(31-29-35)53(47-25-10-7-19-40(47)43-22-12-23-44-41-20-8-11-26-48(41)55-52(43)44)46-24-9-6-18-39(46)42-21-13-27-49-51(42)45-32-36-16-4-5-17-37(36)33-50(45)54-49/h1-33H. The molecule has 0 bridgehead atoms. The normalized spacial score (nSPS) is 11.6. The molecule has 0 N–H and O–H groups in total. The zero-order valence-electron chi connectivity index (χ0n) is 29.8. The molecule has 258 valence electrons. The molecule has 2 heterocycles. The fourth-order valence-corrected chi connectivity index (χ4v) is 8.33. The fraction of sp³-hybridized carbons (Fsp3) is 0. The highest BCUT2D eigenvalue weighted by Gasteiger charge is 2.24. The maximum absolute atomic E-state index is 6.62. The molecule has 0 radical (unpaired) electrons.